The van der Waals surface area contributed by atoms with Crippen molar-refractivity contribution in [2.75, 3.05) is 13.2 Å². The first-order valence-corrected chi connectivity index (χ1v) is 9.37. The molecule has 0 saturated carbocycles. The van der Waals surface area contributed by atoms with E-state index < -0.39 is 11.9 Å². The lowest BCUT2D eigenvalue weighted by molar-refractivity contribution is -0.137. The van der Waals surface area contributed by atoms with E-state index in [1.54, 1.807) is 12.1 Å². The Labute approximate surface area is 153 Å². The van der Waals surface area contributed by atoms with Crippen LogP contribution >= 0.6 is 0 Å². The Morgan fingerprint density at radius 2 is 1.23 bits per heavy atom. The van der Waals surface area contributed by atoms with Gasteiger partial charge >= 0.3 is 11.9 Å². The van der Waals surface area contributed by atoms with E-state index in [2.05, 4.69) is 0 Å². The Bertz CT molecular complexity index is 600. The highest BCUT2D eigenvalue weighted by molar-refractivity contribution is 5.73. The van der Waals surface area contributed by atoms with Crippen molar-refractivity contribution in [3.63, 3.8) is 0 Å². The van der Waals surface area contributed by atoms with E-state index in [4.69, 9.17) is 9.47 Å². The van der Waals surface area contributed by atoms with Crippen molar-refractivity contribution in [3.05, 3.63) is 34.4 Å². The molecular weight excluding hydrogens is 336 g/mol. The predicted octanol–water partition coefficient (Wildman–Crippen LogP) is 3.42. The molecule has 0 amide bonds. The van der Waals surface area contributed by atoms with Crippen LogP contribution in [0, 0.1) is 0 Å². The van der Waals surface area contributed by atoms with Gasteiger partial charge < -0.3 is 19.7 Å². The lowest BCUT2D eigenvalue weighted by Crippen LogP contribution is -2.23. The molecule has 0 bridgehead atoms. The second-order valence-corrected chi connectivity index (χ2v) is 7.06. The number of benzene rings is 1. The Kier molecular flexibility index (Phi) is 6.27. The Morgan fingerprint density at radius 1 is 0.808 bits per heavy atom. The summed E-state index contributed by atoms with van der Waals surface area (Å²) in [7, 11) is 0. The zero-order valence-electron chi connectivity index (χ0n) is 14.9. The van der Waals surface area contributed by atoms with Gasteiger partial charge in [-0.3, -0.25) is 9.59 Å². The molecule has 2 unspecified atom stereocenters. The van der Waals surface area contributed by atoms with Crippen molar-refractivity contribution in [3.8, 4) is 0 Å². The lowest BCUT2D eigenvalue weighted by Gasteiger charge is -2.33. The number of ether oxygens (including phenoxy) is 2. The van der Waals surface area contributed by atoms with Crippen LogP contribution in [0.15, 0.2) is 12.1 Å². The molecule has 6 heteroatoms. The first-order valence-electron chi connectivity index (χ1n) is 9.37. The predicted molar refractivity (Wildman–Crippen MR) is 94.2 cm³/mol. The monoisotopic (exact) mass is 362 g/mol. The summed E-state index contributed by atoms with van der Waals surface area (Å²) < 4.78 is 12.0. The van der Waals surface area contributed by atoms with Crippen molar-refractivity contribution < 1.29 is 29.3 Å². The molecule has 3 rings (SSSR count). The molecule has 1 aromatic rings. The second kappa shape index (κ2) is 8.64. The first-order chi connectivity index (χ1) is 12.6. The third-order valence-electron chi connectivity index (χ3n) is 5.15. The van der Waals surface area contributed by atoms with E-state index in [0.717, 1.165) is 49.7 Å². The van der Waals surface area contributed by atoms with Gasteiger partial charge in [0, 0.05) is 13.2 Å². The van der Waals surface area contributed by atoms with E-state index in [0.29, 0.717) is 24.3 Å². The topological polar surface area (TPSA) is 93.1 Å². The van der Waals surface area contributed by atoms with Crippen LogP contribution in [0.2, 0.25) is 0 Å². The minimum Gasteiger partial charge on any atom is -0.481 e. The van der Waals surface area contributed by atoms with Gasteiger partial charge in [0.2, 0.25) is 0 Å². The third-order valence-corrected chi connectivity index (χ3v) is 5.15. The SMILES string of the molecule is O=C(O)Cc1ccc(CC(=O)O)c(C2CCCCO2)c1C1CCCCO1. The zero-order valence-corrected chi connectivity index (χ0v) is 14.9. The van der Waals surface area contributed by atoms with Crippen molar-refractivity contribution in [1.29, 1.82) is 0 Å². The van der Waals surface area contributed by atoms with Gasteiger partial charge in [0.25, 0.3) is 0 Å². The largest absolute Gasteiger partial charge is 0.481 e. The summed E-state index contributed by atoms with van der Waals surface area (Å²) in [5.41, 5.74) is 3.14. The van der Waals surface area contributed by atoms with E-state index in [-0.39, 0.29) is 25.0 Å². The van der Waals surface area contributed by atoms with E-state index >= 15 is 0 Å². The fraction of sp³-hybridized carbons (Fsp3) is 0.600. The average molecular weight is 362 g/mol. The molecule has 0 aromatic heterocycles. The normalized spacial score (nSPS) is 23.5. The molecule has 2 aliphatic heterocycles. The number of carboxylic acids is 2. The van der Waals surface area contributed by atoms with Crippen LogP contribution in [0.5, 0.6) is 0 Å². The van der Waals surface area contributed by atoms with Crippen molar-refractivity contribution >= 4 is 11.9 Å². The van der Waals surface area contributed by atoms with Gasteiger partial charge in [0.05, 0.1) is 25.0 Å². The smallest absolute Gasteiger partial charge is 0.307 e. The number of carboxylic acid groups (broad SMARTS) is 2. The van der Waals surface area contributed by atoms with Gasteiger partial charge in [-0.15, -0.1) is 0 Å². The highest BCUT2D eigenvalue weighted by Crippen LogP contribution is 2.41. The molecule has 2 aliphatic rings. The minimum absolute atomic E-state index is 0.0950. The van der Waals surface area contributed by atoms with E-state index in [9.17, 15) is 19.8 Å². The van der Waals surface area contributed by atoms with Crippen LogP contribution in [0.1, 0.15) is 73.0 Å². The Balaban J connectivity index is 2.11. The number of rotatable bonds is 6. The standard InChI is InChI=1S/C20H26O6/c21-17(22)11-13-7-8-14(12-18(23)24)20(16-6-2-4-10-26-16)19(13)15-5-1-3-9-25-15/h7-8,15-16H,1-6,9-12H2,(H,21,22)(H,23,24). The van der Waals surface area contributed by atoms with Gasteiger partial charge in [-0.1, -0.05) is 12.1 Å². The Morgan fingerprint density at radius 3 is 1.54 bits per heavy atom. The molecule has 142 valence electrons. The minimum atomic E-state index is -0.899. The molecule has 2 saturated heterocycles. The molecule has 2 N–H and O–H groups in total. The van der Waals surface area contributed by atoms with E-state index in [1.165, 1.54) is 0 Å². The number of aliphatic carboxylic acids is 2. The number of hydrogen-bond donors (Lipinski definition) is 2. The maximum Gasteiger partial charge on any atom is 0.307 e. The fourth-order valence-corrected chi connectivity index (χ4v) is 4.06. The summed E-state index contributed by atoms with van der Waals surface area (Å²) in [6.45, 7) is 1.29. The quantitative estimate of drug-likeness (QED) is 0.805. The molecule has 2 fully saturated rings. The summed E-state index contributed by atoms with van der Waals surface area (Å²) in [6, 6.07) is 3.51. The molecule has 1 aromatic carbocycles. The van der Waals surface area contributed by atoms with Crippen LogP contribution in [0.4, 0.5) is 0 Å². The van der Waals surface area contributed by atoms with Crippen molar-refractivity contribution in [2.45, 2.75) is 63.6 Å². The van der Waals surface area contributed by atoms with Crippen LogP contribution < -0.4 is 0 Å². The number of hydrogen-bond acceptors (Lipinski definition) is 4. The highest BCUT2D eigenvalue weighted by atomic mass is 16.5. The van der Waals surface area contributed by atoms with Gasteiger partial charge in [0.15, 0.2) is 0 Å². The molecule has 0 aliphatic carbocycles. The van der Waals surface area contributed by atoms with Gasteiger partial charge in [-0.05, 0) is 60.8 Å². The van der Waals surface area contributed by atoms with Crippen LogP contribution in [-0.2, 0) is 31.9 Å². The van der Waals surface area contributed by atoms with E-state index in [1.807, 2.05) is 0 Å². The lowest BCUT2D eigenvalue weighted by atomic mass is 9.83. The summed E-state index contributed by atoms with van der Waals surface area (Å²) in [5, 5.41) is 18.7. The van der Waals surface area contributed by atoms with Gasteiger partial charge in [-0.2, -0.15) is 0 Å². The molecule has 2 heterocycles. The summed E-state index contributed by atoms with van der Waals surface area (Å²) in [5.74, 6) is -1.80. The molecule has 0 radical (unpaired) electrons. The van der Waals surface area contributed by atoms with Crippen molar-refractivity contribution in [2.24, 2.45) is 0 Å². The molecule has 2 atom stereocenters. The van der Waals surface area contributed by atoms with Crippen LogP contribution in [0.25, 0.3) is 0 Å². The summed E-state index contributed by atoms with van der Waals surface area (Å²) >= 11 is 0. The average Bonchev–Trinajstić information content (AvgIpc) is 2.63. The third kappa shape index (κ3) is 4.43. The van der Waals surface area contributed by atoms with Gasteiger partial charge in [-0.25, -0.2) is 0 Å². The fourth-order valence-electron chi connectivity index (χ4n) is 4.06. The summed E-state index contributed by atoms with van der Waals surface area (Å²) in [4.78, 5) is 22.8. The maximum atomic E-state index is 11.4. The molecular formula is C20H26O6. The first kappa shape index (κ1) is 18.9. The Hall–Kier alpha value is -1.92. The highest BCUT2D eigenvalue weighted by Gasteiger charge is 2.30. The van der Waals surface area contributed by atoms with Crippen LogP contribution in [-0.4, -0.2) is 35.4 Å². The van der Waals surface area contributed by atoms with Gasteiger partial charge in [0.1, 0.15) is 0 Å². The molecule has 0 spiro atoms. The van der Waals surface area contributed by atoms with Crippen molar-refractivity contribution in [1.82, 2.24) is 0 Å². The molecule has 26 heavy (non-hydrogen) atoms. The molecule has 6 nitrogen and oxygen atoms in total. The van der Waals surface area contributed by atoms with Crippen LogP contribution in [0.3, 0.4) is 0 Å². The summed E-state index contributed by atoms with van der Waals surface area (Å²) in [6.07, 6.45) is 5.11. The number of carbonyl (C=O) groups is 2. The maximum absolute atomic E-state index is 11.4. The second-order valence-electron chi connectivity index (χ2n) is 7.06. The zero-order chi connectivity index (χ0) is 18.5.